The summed E-state index contributed by atoms with van der Waals surface area (Å²) in [6.07, 6.45) is 1.72. The lowest BCUT2D eigenvalue weighted by molar-refractivity contribution is -0.114. The van der Waals surface area contributed by atoms with E-state index in [4.69, 9.17) is 5.73 Å². The van der Waals surface area contributed by atoms with E-state index in [9.17, 15) is 18.0 Å². The maximum Gasteiger partial charge on any atom is 0.248 e. The average Bonchev–Trinajstić information content (AvgIpc) is 2.71. The van der Waals surface area contributed by atoms with Crippen molar-refractivity contribution in [3.63, 3.8) is 0 Å². The van der Waals surface area contributed by atoms with Crippen LogP contribution in [0.4, 0.5) is 11.4 Å². The molecule has 0 unspecified atom stereocenters. The van der Waals surface area contributed by atoms with Crippen LogP contribution in [-0.2, 0) is 14.8 Å². The maximum absolute atomic E-state index is 12.5. The molecule has 29 heavy (non-hydrogen) atoms. The largest absolute Gasteiger partial charge is 0.376 e. The SMILES string of the molecule is CCCCN(C)S(=O)(=O)c1ccc(NCC(=O)Nc2ccc(C(N)=O)cc2)cc1. The second-order valence-corrected chi connectivity index (χ2v) is 8.59. The lowest BCUT2D eigenvalue weighted by Crippen LogP contribution is -2.28. The number of unbranched alkanes of at least 4 members (excludes halogenated alkanes) is 1. The number of nitrogens with zero attached hydrogens (tertiary/aromatic N) is 1. The Labute approximate surface area is 171 Å². The van der Waals surface area contributed by atoms with Gasteiger partial charge in [0.2, 0.25) is 21.8 Å². The van der Waals surface area contributed by atoms with E-state index in [0.29, 0.717) is 23.5 Å². The number of nitrogens with one attached hydrogen (secondary N) is 2. The summed E-state index contributed by atoms with van der Waals surface area (Å²) in [5, 5.41) is 5.63. The lowest BCUT2D eigenvalue weighted by Gasteiger charge is -2.17. The standard InChI is InChI=1S/C20H26N4O4S/c1-3-4-13-24(2)29(27,28)18-11-9-16(10-12-18)22-14-19(25)23-17-7-5-15(6-8-17)20(21)26/h5-12,22H,3-4,13-14H2,1-2H3,(H2,21,26)(H,23,25). The molecule has 2 amide bonds. The van der Waals surface area contributed by atoms with Gasteiger partial charge in [-0.1, -0.05) is 13.3 Å². The first kappa shape index (κ1) is 22.4. The third kappa shape index (κ3) is 6.30. The van der Waals surface area contributed by atoms with Gasteiger partial charge in [-0.3, -0.25) is 9.59 Å². The first-order valence-corrected chi connectivity index (χ1v) is 10.7. The van der Waals surface area contributed by atoms with Gasteiger partial charge in [0.25, 0.3) is 0 Å². The summed E-state index contributed by atoms with van der Waals surface area (Å²) in [6.45, 7) is 2.48. The van der Waals surface area contributed by atoms with Crippen molar-refractivity contribution in [2.75, 3.05) is 30.8 Å². The van der Waals surface area contributed by atoms with Crippen molar-refractivity contribution in [2.24, 2.45) is 5.73 Å². The first-order chi connectivity index (χ1) is 13.7. The Hall–Kier alpha value is -2.91. The van der Waals surface area contributed by atoms with Crippen molar-refractivity contribution < 1.29 is 18.0 Å². The van der Waals surface area contributed by atoms with E-state index in [1.807, 2.05) is 6.92 Å². The van der Waals surface area contributed by atoms with Crippen molar-refractivity contribution in [1.82, 2.24) is 4.31 Å². The van der Waals surface area contributed by atoms with Crippen LogP contribution in [0, 0.1) is 0 Å². The van der Waals surface area contributed by atoms with Gasteiger partial charge in [-0.2, -0.15) is 0 Å². The molecule has 0 aliphatic rings. The number of benzene rings is 2. The van der Waals surface area contributed by atoms with Crippen molar-refractivity contribution in [1.29, 1.82) is 0 Å². The van der Waals surface area contributed by atoms with Crippen LogP contribution in [0.5, 0.6) is 0 Å². The van der Waals surface area contributed by atoms with Crippen LogP contribution in [0.25, 0.3) is 0 Å². The number of primary amides is 1. The number of hydrogen-bond donors (Lipinski definition) is 3. The van der Waals surface area contributed by atoms with Crippen LogP contribution in [0.2, 0.25) is 0 Å². The van der Waals surface area contributed by atoms with Crippen molar-refractivity contribution in [3.8, 4) is 0 Å². The number of rotatable bonds is 10. The van der Waals surface area contributed by atoms with Crippen molar-refractivity contribution in [3.05, 3.63) is 54.1 Å². The Morgan fingerprint density at radius 1 is 1.00 bits per heavy atom. The molecule has 0 spiro atoms. The monoisotopic (exact) mass is 418 g/mol. The highest BCUT2D eigenvalue weighted by molar-refractivity contribution is 7.89. The molecule has 0 heterocycles. The minimum absolute atomic E-state index is 0.0000698. The Morgan fingerprint density at radius 2 is 1.59 bits per heavy atom. The Bertz CT molecular complexity index is 941. The van der Waals surface area contributed by atoms with Crippen LogP contribution in [0.1, 0.15) is 30.1 Å². The Balaban J connectivity index is 1.91. The van der Waals surface area contributed by atoms with E-state index in [0.717, 1.165) is 12.8 Å². The molecule has 0 bridgehead atoms. The van der Waals surface area contributed by atoms with Gasteiger partial charge in [0.1, 0.15) is 0 Å². The summed E-state index contributed by atoms with van der Waals surface area (Å²) in [5.41, 5.74) is 6.70. The highest BCUT2D eigenvalue weighted by Gasteiger charge is 2.19. The average molecular weight is 419 g/mol. The van der Waals surface area contributed by atoms with Crippen LogP contribution in [0.15, 0.2) is 53.4 Å². The van der Waals surface area contributed by atoms with Gasteiger partial charge in [0, 0.05) is 30.5 Å². The molecule has 0 fully saturated rings. The molecule has 0 aliphatic carbocycles. The third-order valence-electron chi connectivity index (χ3n) is 4.30. The smallest absolute Gasteiger partial charge is 0.248 e. The summed E-state index contributed by atoms with van der Waals surface area (Å²) in [6, 6.07) is 12.5. The summed E-state index contributed by atoms with van der Waals surface area (Å²) >= 11 is 0. The molecular formula is C20H26N4O4S. The zero-order chi connectivity index (χ0) is 21.4. The molecule has 0 aromatic heterocycles. The molecule has 2 aromatic rings. The lowest BCUT2D eigenvalue weighted by atomic mass is 10.2. The van der Waals surface area contributed by atoms with Crippen LogP contribution >= 0.6 is 0 Å². The van der Waals surface area contributed by atoms with Gasteiger partial charge >= 0.3 is 0 Å². The molecule has 0 saturated heterocycles. The number of carbonyl (C=O) groups is 2. The minimum atomic E-state index is -3.52. The van der Waals surface area contributed by atoms with Gasteiger partial charge in [-0.05, 0) is 55.0 Å². The van der Waals surface area contributed by atoms with Gasteiger partial charge in [-0.15, -0.1) is 0 Å². The molecular weight excluding hydrogens is 392 g/mol. The molecule has 156 valence electrons. The number of nitrogens with two attached hydrogens (primary N) is 1. The summed E-state index contributed by atoms with van der Waals surface area (Å²) < 4.78 is 26.3. The van der Waals surface area contributed by atoms with Gasteiger partial charge in [0.05, 0.1) is 11.4 Å². The van der Waals surface area contributed by atoms with Crippen LogP contribution in [-0.4, -0.2) is 44.7 Å². The highest BCUT2D eigenvalue weighted by atomic mass is 32.2. The summed E-state index contributed by atoms with van der Waals surface area (Å²) in [7, 11) is -1.95. The predicted octanol–water partition coefficient (Wildman–Crippen LogP) is 2.26. The number of sulfonamides is 1. The molecule has 4 N–H and O–H groups in total. The van der Waals surface area contributed by atoms with E-state index < -0.39 is 15.9 Å². The molecule has 8 nitrogen and oxygen atoms in total. The molecule has 0 radical (unpaired) electrons. The first-order valence-electron chi connectivity index (χ1n) is 9.24. The topological polar surface area (TPSA) is 122 Å². The zero-order valence-electron chi connectivity index (χ0n) is 16.5. The third-order valence-corrected chi connectivity index (χ3v) is 6.17. The normalized spacial score (nSPS) is 11.3. The van der Waals surface area contributed by atoms with Crippen LogP contribution in [0.3, 0.4) is 0 Å². The van der Waals surface area contributed by atoms with E-state index in [1.165, 1.54) is 28.6 Å². The number of hydrogen-bond acceptors (Lipinski definition) is 5. The summed E-state index contributed by atoms with van der Waals surface area (Å²) in [5.74, 6) is -0.820. The Morgan fingerprint density at radius 3 is 2.14 bits per heavy atom. The number of carbonyl (C=O) groups excluding carboxylic acids is 2. The van der Waals surface area contributed by atoms with E-state index in [-0.39, 0.29) is 17.3 Å². The predicted molar refractivity (Wildman–Crippen MR) is 113 cm³/mol. The van der Waals surface area contributed by atoms with Crippen molar-refractivity contribution in [2.45, 2.75) is 24.7 Å². The van der Waals surface area contributed by atoms with E-state index in [1.54, 1.807) is 31.3 Å². The quantitative estimate of drug-likeness (QED) is 0.546. The Kier molecular flexibility index (Phi) is 7.74. The number of anilines is 2. The fourth-order valence-corrected chi connectivity index (χ4v) is 3.74. The molecule has 0 saturated carbocycles. The van der Waals surface area contributed by atoms with E-state index >= 15 is 0 Å². The van der Waals surface area contributed by atoms with Gasteiger partial charge < -0.3 is 16.4 Å². The molecule has 0 aliphatic heterocycles. The van der Waals surface area contributed by atoms with Gasteiger partial charge in [0.15, 0.2) is 0 Å². The fourth-order valence-electron chi connectivity index (χ4n) is 2.53. The highest BCUT2D eigenvalue weighted by Crippen LogP contribution is 2.18. The molecule has 0 atom stereocenters. The number of amides is 2. The zero-order valence-corrected chi connectivity index (χ0v) is 17.3. The summed E-state index contributed by atoms with van der Waals surface area (Å²) in [4.78, 5) is 23.3. The minimum Gasteiger partial charge on any atom is -0.376 e. The fraction of sp³-hybridized carbons (Fsp3) is 0.300. The van der Waals surface area contributed by atoms with Crippen LogP contribution < -0.4 is 16.4 Å². The molecule has 2 rings (SSSR count). The maximum atomic E-state index is 12.5. The molecule has 9 heteroatoms. The van der Waals surface area contributed by atoms with Gasteiger partial charge in [-0.25, -0.2) is 12.7 Å². The second-order valence-electron chi connectivity index (χ2n) is 6.55. The molecule has 2 aromatic carbocycles. The van der Waals surface area contributed by atoms with Crippen molar-refractivity contribution >= 4 is 33.2 Å². The second kappa shape index (κ2) is 10.0. The van der Waals surface area contributed by atoms with E-state index in [2.05, 4.69) is 10.6 Å².